The molecule has 88 heavy (non-hydrogen) atoms. The number of ether oxygens (including phenoxy) is 2. The van der Waals surface area contributed by atoms with Crippen molar-refractivity contribution in [1.82, 2.24) is 40.4 Å². The van der Waals surface area contributed by atoms with E-state index in [1.165, 1.54) is 22.2 Å². The first-order valence-corrected chi connectivity index (χ1v) is 28.6. The van der Waals surface area contributed by atoms with Crippen LogP contribution in [-0.4, -0.2) is 120 Å². The number of carbonyl (C=O) groups is 7. The molecular formula is C58H57B3Br2F3N9O12S. The molecule has 0 atom stereocenters. The normalized spacial score (nSPS) is 13.5. The molecule has 4 aromatic carbocycles. The Morgan fingerprint density at radius 3 is 1.58 bits per heavy atom. The fourth-order valence-electron chi connectivity index (χ4n) is 9.05. The fraction of sp³-hybridized carbons (Fsp3) is 0.259. The minimum absolute atomic E-state index is 0.00958. The van der Waals surface area contributed by atoms with Crippen LogP contribution in [0.2, 0.25) is 6.82 Å². The van der Waals surface area contributed by atoms with Crippen LogP contribution in [0.25, 0.3) is 52.6 Å². The Morgan fingerprint density at radius 2 is 1.08 bits per heavy atom. The van der Waals surface area contributed by atoms with Crippen LogP contribution in [0.15, 0.2) is 114 Å². The first-order valence-electron chi connectivity index (χ1n) is 26.6. The number of aromatic nitrogens is 4. The molecule has 6 N–H and O–H groups in total. The van der Waals surface area contributed by atoms with Gasteiger partial charge in [0.25, 0.3) is 23.6 Å². The summed E-state index contributed by atoms with van der Waals surface area (Å²) in [4.78, 5) is 95.8. The monoisotopic (exact) mass is 1350 g/mol. The van der Waals surface area contributed by atoms with Crippen molar-refractivity contribution in [2.45, 2.75) is 78.6 Å². The van der Waals surface area contributed by atoms with E-state index < -0.39 is 35.9 Å². The summed E-state index contributed by atoms with van der Waals surface area (Å²) >= 11 is 10.1. The van der Waals surface area contributed by atoms with Crippen LogP contribution < -0.4 is 21.3 Å². The van der Waals surface area contributed by atoms with Crippen molar-refractivity contribution in [3.63, 3.8) is 0 Å². The van der Waals surface area contributed by atoms with Gasteiger partial charge in [0.1, 0.15) is 11.2 Å². The number of nitrogens with one attached hydrogen (secondary N) is 6. The molecule has 21 nitrogen and oxygen atoms in total. The molecule has 456 valence electrons. The summed E-state index contributed by atoms with van der Waals surface area (Å²) in [5, 5.41) is 14.8. The van der Waals surface area contributed by atoms with Gasteiger partial charge in [-0.25, -0.2) is 9.59 Å². The van der Waals surface area contributed by atoms with Gasteiger partial charge in [0.05, 0.1) is 11.0 Å². The third kappa shape index (κ3) is 17.8. The number of aldehydes is 1. The Hall–Kier alpha value is -8.18. The standard InChI is InChI=1S/C16H15BrN2O3.C16H18N2O3.C11H7BrN2O.C11H10N2O.C2H5B2O3.C2HF3O.BHNS/c1-16(2,3)22-15(21)19-8-10-11(17)7-18-14(20)9-5-4-6-12(19)13(9)10;1-16(2,3)21-15(20)18-9-10-7-8-17-14(19)11-5-4-6-12(18)13(10)11;12-8-5-14-11(15)6-2-1-3-9-10(6)7(8)4-13-9;14-11-8-2-1-3-9-10(8)7(6-13-9)4-5-12-11;1-3-7-6-2-4-5;3-2(4,5)1-6;1-2-3/h4-8H,1-3H3,(H,18,20);4-6,9H,7-8H2,1-3H3,(H,17,19);1-5,13H,(H,14,15);1-3,6,13H,4-5H2,(H,12,14);2H2,1H3;1H;3H. The number of hydrogen-bond donors (Lipinski definition) is 7. The fourth-order valence-corrected chi connectivity index (χ4v) is 9.89. The maximum absolute atomic E-state index is 12.4. The molecule has 4 aromatic heterocycles. The molecule has 0 bridgehead atoms. The quantitative estimate of drug-likeness (QED) is 0.0216. The molecule has 0 fully saturated rings. The first-order chi connectivity index (χ1) is 41.7. The number of benzene rings is 4. The number of hydrogen-bond acceptors (Lipinski definition) is 14. The molecule has 0 spiro atoms. The number of aromatic amines is 2. The average molecular weight is 1350 g/mol. The van der Waals surface area contributed by atoms with Crippen molar-refractivity contribution >= 4 is 162 Å². The molecule has 4 aliphatic heterocycles. The van der Waals surface area contributed by atoms with Crippen LogP contribution in [0.1, 0.15) is 105 Å². The van der Waals surface area contributed by atoms with Gasteiger partial charge in [-0.2, -0.15) is 13.2 Å². The molecule has 12 rings (SSSR count). The SMILES string of the molecule is CC(C)(C)OC(=O)n1cc2c3c(cccc31)C(=O)NC=C2Br.CC(C)(C)OC(=O)n1cc2c3c(cccc31)C(=O)NCC2.C[B]OOCB=O.O=C1NC=C(Br)c2c[nH]c3cccc1c23.O=C1NCCc2c[nH]c3cccc1c23.O=CC(F)(F)F.[B]=NS. The van der Waals surface area contributed by atoms with E-state index in [-0.39, 0.29) is 30.1 Å². The molecule has 8 aromatic rings. The molecule has 0 unspecified atom stereocenters. The second kappa shape index (κ2) is 30.6. The Labute approximate surface area is 526 Å². The van der Waals surface area contributed by atoms with Gasteiger partial charge in [0.15, 0.2) is 0 Å². The molecule has 4 aliphatic rings. The third-order valence-electron chi connectivity index (χ3n) is 12.4. The number of rotatable bonds is 4. The summed E-state index contributed by atoms with van der Waals surface area (Å²) < 4.78 is 58.8. The van der Waals surface area contributed by atoms with Gasteiger partial charge in [0.2, 0.25) is 6.29 Å². The Balaban J connectivity index is 0.000000175. The molecule has 8 heterocycles. The summed E-state index contributed by atoms with van der Waals surface area (Å²) in [5.41, 5.74) is 8.88. The van der Waals surface area contributed by atoms with Crippen LogP contribution in [-0.2, 0) is 41.5 Å². The Morgan fingerprint density at radius 1 is 0.648 bits per heavy atom. The van der Waals surface area contributed by atoms with Crippen molar-refractivity contribution in [2.24, 2.45) is 4.30 Å². The molecule has 0 saturated heterocycles. The van der Waals surface area contributed by atoms with Gasteiger partial charge in [-0.1, -0.05) is 24.3 Å². The third-order valence-corrected chi connectivity index (χ3v) is 13.7. The van der Waals surface area contributed by atoms with E-state index in [0.717, 1.165) is 72.3 Å². The van der Waals surface area contributed by atoms with E-state index in [2.05, 4.69) is 97.5 Å². The van der Waals surface area contributed by atoms with Crippen LogP contribution >= 0.6 is 44.7 Å². The van der Waals surface area contributed by atoms with Gasteiger partial charge in [0, 0.05) is 125 Å². The van der Waals surface area contributed by atoms with Gasteiger partial charge < -0.3 is 40.7 Å². The summed E-state index contributed by atoms with van der Waals surface area (Å²) in [5.74, 6) is -0.339. The number of nitrogens with zero attached hydrogens (tertiary/aromatic N) is 3. The van der Waals surface area contributed by atoms with E-state index in [1.54, 1.807) is 61.9 Å². The Bertz CT molecular complexity index is 4020. The zero-order valence-electron chi connectivity index (χ0n) is 48.3. The average Bonchev–Trinajstić information content (AvgIpc) is 2.20. The van der Waals surface area contributed by atoms with E-state index in [0.29, 0.717) is 52.3 Å². The Kier molecular flexibility index (Phi) is 24.0. The first kappa shape index (κ1) is 68.9. The van der Waals surface area contributed by atoms with Crippen LogP contribution in [0.4, 0.5) is 22.8 Å². The number of alkyl halides is 3. The number of H-pyrrole nitrogens is 2. The molecule has 0 aliphatic carbocycles. The molecule has 4 amide bonds. The number of carbonyl (C=O) groups excluding carboxylic acids is 7. The molecular weight excluding hydrogens is 1300 g/mol. The van der Waals surface area contributed by atoms with Gasteiger partial charge in [-0.15, -0.1) is 0 Å². The predicted octanol–water partition coefficient (Wildman–Crippen LogP) is 11.2. The van der Waals surface area contributed by atoms with Crippen molar-refractivity contribution in [3.8, 4) is 0 Å². The van der Waals surface area contributed by atoms with Crippen molar-refractivity contribution in [1.29, 1.82) is 0 Å². The number of amides is 4. The van der Waals surface area contributed by atoms with Crippen molar-refractivity contribution in [3.05, 3.63) is 154 Å². The van der Waals surface area contributed by atoms with Crippen LogP contribution in [0.3, 0.4) is 0 Å². The molecule has 30 heteroatoms. The summed E-state index contributed by atoms with van der Waals surface area (Å²) in [6.07, 6.45) is 5.63. The van der Waals surface area contributed by atoms with Gasteiger partial charge in [-0.05, 0) is 146 Å². The summed E-state index contributed by atoms with van der Waals surface area (Å²) in [7, 11) is 6.30. The predicted molar refractivity (Wildman–Crippen MR) is 339 cm³/mol. The van der Waals surface area contributed by atoms with E-state index in [1.807, 2.05) is 96.4 Å². The molecule has 2 radical (unpaired) electrons. The van der Waals surface area contributed by atoms with E-state index >= 15 is 0 Å². The minimum atomic E-state index is -4.64. The van der Waals surface area contributed by atoms with Gasteiger partial charge >= 0.3 is 85.5 Å². The van der Waals surface area contributed by atoms with Crippen LogP contribution in [0, 0.1) is 0 Å². The van der Waals surface area contributed by atoms with Crippen molar-refractivity contribution in [2.75, 3.05) is 19.6 Å². The topological polar surface area (TPSA) is 275 Å². The van der Waals surface area contributed by atoms with E-state index in [9.17, 15) is 46.6 Å². The van der Waals surface area contributed by atoms with Crippen molar-refractivity contribution < 1.29 is 70.6 Å². The second-order valence-electron chi connectivity index (χ2n) is 20.8. The van der Waals surface area contributed by atoms with E-state index in [4.69, 9.17) is 14.3 Å². The molecule has 0 saturated carbocycles. The number of thiol groups is 1. The summed E-state index contributed by atoms with van der Waals surface area (Å²) in [6.45, 7) is 13.9. The van der Waals surface area contributed by atoms with Crippen LogP contribution in [0.5, 0.6) is 0 Å². The second-order valence-corrected chi connectivity index (χ2v) is 22.7. The zero-order chi connectivity index (χ0) is 64.7. The maximum atomic E-state index is 12.4. The summed E-state index contributed by atoms with van der Waals surface area (Å²) in [6, 6.07) is 22.1. The number of halogens is 5. The van der Waals surface area contributed by atoms with Gasteiger partial charge in [-0.3, -0.25) is 33.1 Å². The zero-order valence-corrected chi connectivity index (χ0v) is 52.4.